The number of nitrogens with one attached hydrogen (secondary N) is 2. The number of nitrogens with zero attached hydrogens (tertiary/aromatic N) is 5. The Kier molecular flexibility index (Phi) is 5.93. The first-order valence-corrected chi connectivity index (χ1v) is 9.66. The Labute approximate surface area is 178 Å². The summed E-state index contributed by atoms with van der Waals surface area (Å²) >= 11 is 0. The van der Waals surface area contributed by atoms with Gasteiger partial charge >= 0.3 is 0 Å². The second-order valence-electron chi connectivity index (χ2n) is 6.93. The molecule has 0 aliphatic carbocycles. The van der Waals surface area contributed by atoms with Gasteiger partial charge in [-0.25, -0.2) is 14.1 Å². The van der Waals surface area contributed by atoms with Gasteiger partial charge in [0.05, 0.1) is 11.9 Å². The van der Waals surface area contributed by atoms with Gasteiger partial charge in [-0.05, 0) is 59.3 Å². The van der Waals surface area contributed by atoms with Crippen LogP contribution in [0.4, 0.5) is 21.6 Å². The van der Waals surface area contributed by atoms with E-state index in [0.717, 1.165) is 11.3 Å². The molecule has 4 aromatic rings. The molecular formula is C22H20FN7O. The molecule has 9 heteroatoms. The van der Waals surface area contributed by atoms with Crippen molar-refractivity contribution >= 4 is 23.1 Å². The lowest BCUT2D eigenvalue weighted by molar-refractivity contribution is -0.119. The molecule has 0 fully saturated rings. The molecule has 0 saturated heterocycles. The fourth-order valence-electron chi connectivity index (χ4n) is 3.10. The molecule has 156 valence electrons. The molecular weight excluding hydrogens is 397 g/mol. The normalized spacial score (nSPS) is 11.7. The summed E-state index contributed by atoms with van der Waals surface area (Å²) in [6.45, 7) is 1.72. The van der Waals surface area contributed by atoms with Crippen molar-refractivity contribution in [3.63, 3.8) is 0 Å². The van der Waals surface area contributed by atoms with E-state index in [0.29, 0.717) is 23.8 Å². The van der Waals surface area contributed by atoms with Gasteiger partial charge in [-0.15, -0.1) is 5.10 Å². The molecule has 8 nitrogen and oxygen atoms in total. The third-order valence-electron chi connectivity index (χ3n) is 4.67. The summed E-state index contributed by atoms with van der Waals surface area (Å²) in [5, 5.41) is 17.5. The summed E-state index contributed by atoms with van der Waals surface area (Å²) in [6, 6.07) is 18.5. The van der Waals surface area contributed by atoms with Crippen LogP contribution in [0.25, 0.3) is 0 Å². The topological polar surface area (TPSA) is 97.6 Å². The van der Waals surface area contributed by atoms with Gasteiger partial charge in [-0.2, -0.15) is 0 Å². The Bertz CT molecular complexity index is 1140. The van der Waals surface area contributed by atoms with E-state index >= 15 is 0 Å². The number of aromatic nitrogens is 5. The van der Waals surface area contributed by atoms with Gasteiger partial charge in [0.2, 0.25) is 5.91 Å². The summed E-state index contributed by atoms with van der Waals surface area (Å²) in [5.74, 6) is 0.523. The molecule has 2 aromatic carbocycles. The number of tetrazole rings is 1. The maximum absolute atomic E-state index is 13.2. The van der Waals surface area contributed by atoms with Crippen LogP contribution < -0.4 is 10.6 Å². The van der Waals surface area contributed by atoms with Gasteiger partial charge in [-0.1, -0.05) is 30.3 Å². The van der Waals surface area contributed by atoms with E-state index in [1.54, 1.807) is 37.4 Å². The predicted octanol–water partition coefficient (Wildman–Crippen LogP) is 3.68. The van der Waals surface area contributed by atoms with Crippen LogP contribution in [-0.2, 0) is 11.2 Å². The van der Waals surface area contributed by atoms with Crippen LogP contribution in [0.3, 0.4) is 0 Å². The number of aryl methyl sites for hydroxylation is 1. The highest BCUT2D eigenvalue weighted by Crippen LogP contribution is 2.20. The molecule has 2 heterocycles. The number of halogens is 1. The number of para-hydroxylation sites is 1. The van der Waals surface area contributed by atoms with Gasteiger partial charge in [0.1, 0.15) is 23.5 Å². The zero-order valence-corrected chi connectivity index (χ0v) is 16.7. The molecule has 0 saturated carbocycles. The Morgan fingerprint density at radius 3 is 2.45 bits per heavy atom. The molecule has 2 N–H and O–H groups in total. The molecule has 0 spiro atoms. The number of benzene rings is 2. The molecule has 0 aliphatic heterocycles. The largest absolute Gasteiger partial charge is 0.340 e. The van der Waals surface area contributed by atoms with E-state index in [4.69, 9.17) is 0 Å². The molecule has 0 radical (unpaired) electrons. The maximum Gasteiger partial charge on any atom is 0.249 e. The smallest absolute Gasteiger partial charge is 0.249 e. The lowest BCUT2D eigenvalue weighted by atomic mass is 10.1. The average Bonchev–Trinajstić information content (AvgIpc) is 3.21. The van der Waals surface area contributed by atoms with Crippen LogP contribution in [0.15, 0.2) is 72.9 Å². The summed E-state index contributed by atoms with van der Waals surface area (Å²) in [5.41, 5.74) is 2.25. The van der Waals surface area contributed by atoms with E-state index in [-0.39, 0.29) is 11.7 Å². The number of anilines is 3. The SMILES string of the molecule is Cc1nnnn1C(Cc1ccc(F)cc1)C(=O)Nc1ccc(Nc2ccccc2)nc1. The number of hydrogen-bond donors (Lipinski definition) is 2. The van der Waals surface area contributed by atoms with E-state index < -0.39 is 6.04 Å². The summed E-state index contributed by atoms with van der Waals surface area (Å²) in [4.78, 5) is 17.4. The lowest BCUT2D eigenvalue weighted by Gasteiger charge is -2.18. The fraction of sp³-hybridized carbons (Fsp3) is 0.136. The van der Waals surface area contributed by atoms with Crippen LogP contribution >= 0.6 is 0 Å². The number of hydrogen-bond acceptors (Lipinski definition) is 6. The second-order valence-corrected chi connectivity index (χ2v) is 6.93. The third kappa shape index (κ3) is 5.08. The third-order valence-corrected chi connectivity index (χ3v) is 4.67. The van der Waals surface area contributed by atoms with Crippen molar-refractivity contribution in [1.82, 2.24) is 25.2 Å². The monoisotopic (exact) mass is 417 g/mol. The van der Waals surface area contributed by atoms with Crippen molar-refractivity contribution in [2.75, 3.05) is 10.6 Å². The highest BCUT2D eigenvalue weighted by molar-refractivity contribution is 5.93. The van der Waals surface area contributed by atoms with E-state index in [1.807, 2.05) is 30.3 Å². The first kappa shape index (κ1) is 20.1. The van der Waals surface area contributed by atoms with Crippen LogP contribution in [0.2, 0.25) is 0 Å². The minimum Gasteiger partial charge on any atom is -0.340 e. The van der Waals surface area contributed by atoms with Crippen LogP contribution in [-0.4, -0.2) is 31.1 Å². The fourth-order valence-corrected chi connectivity index (χ4v) is 3.10. The van der Waals surface area contributed by atoms with E-state index in [2.05, 4.69) is 31.1 Å². The van der Waals surface area contributed by atoms with Gasteiger partial charge < -0.3 is 10.6 Å². The van der Waals surface area contributed by atoms with Crippen molar-refractivity contribution in [1.29, 1.82) is 0 Å². The number of amides is 1. The molecule has 1 unspecified atom stereocenters. The average molecular weight is 417 g/mol. The van der Waals surface area contributed by atoms with Crippen LogP contribution in [0.1, 0.15) is 17.4 Å². The van der Waals surface area contributed by atoms with Gasteiger partial charge in [0.15, 0.2) is 0 Å². The molecule has 1 atom stereocenters. The minimum absolute atomic E-state index is 0.301. The van der Waals surface area contributed by atoms with Crippen molar-refractivity contribution in [2.45, 2.75) is 19.4 Å². The first-order chi connectivity index (χ1) is 15.1. The minimum atomic E-state index is -0.706. The summed E-state index contributed by atoms with van der Waals surface area (Å²) in [7, 11) is 0. The van der Waals surface area contributed by atoms with Gasteiger partial charge in [0, 0.05) is 12.1 Å². The number of carbonyl (C=O) groups is 1. The Morgan fingerprint density at radius 2 is 1.81 bits per heavy atom. The Balaban J connectivity index is 1.49. The maximum atomic E-state index is 13.2. The highest BCUT2D eigenvalue weighted by atomic mass is 19.1. The highest BCUT2D eigenvalue weighted by Gasteiger charge is 2.24. The molecule has 1 amide bonds. The van der Waals surface area contributed by atoms with Crippen molar-refractivity contribution in [2.24, 2.45) is 0 Å². The first-order valence-electron chi connectivity index (χ1n) is 9.66. The van der Waals surface area contributed by atoms with Crippen molar-refractivity contribution in [3.05, 3.63) is 90.1 Å². The standard InChI is InChI=1S/C22H20FN7O/c1-15-27-28-29-30(15)20(13-16-7-9-17(23)10-8-16)22(31)26-19-11-12-21(24-14-19)25-18-5-3-2-4-6-18/h2-12,14,20H,13H2,1H3,(H,24,25)(H,26,31). The lowest BCUT2D eigenvalue weighted by Crippen LogP contribution is -2.29. The van der Waals surface area contributed by atoms with E-state index in [9.17, 15) is 9.18 Å². The predicted molar refractivity (Wildman–Crippen MR) is 114 cm³/mol. The van der Waals surface area contributed by atoms with Crippen LogP contribution in [0.5, 0.6) is 0 Å². The Hall–Kier alpha value is -4.14. The van der Waals surface area contributed by atoms with Crippen LogP contribution in [0, 0.1) is 12.7 Å². The van der Waals surface area contributed by atoms with Gasteiger partial charge in [-0.3, -0.25) is 4.79 Å². The Morgan fingerprint density at radius 1 is 1.03 bits per heavy atom. The summed E-state index contributed by atoms with van der Waals surface area (Å²) in [6.07, 6.45) is 1.88. The zero-order valence-electron chi connectivity index (χ0n) is 16.7. The van der Waals surface area contributed by atoms with Crippen molar-refractivity contribution < 1.29 is 9.18 Å². The quantitative estimate of drug-likeness (QED) is 0.476. The van der Waals surface area contributed by atoms with Crippen molar-refractivity contribution in [3.8, 4) is 0 Å². The molecule has 31 heavy (non-hydrogen) atoms. The number of pyridine rings is 1. The molecule has 2 aromatic heterocycles. The number of rotatable bonds is 7. The molecule has 4 rings (SSSR count). The molecule has 0 bridgehead atoms. The van der Waals surface area contributed by atoms with E-state index in [1.165, 1.54) is 16.8 Å². The van der Waals surface area contributed by atoms with Gasteiger partial charge in [0.25, 0.3) is 0 Å². The molecule has 0 aliphatic rings. The summed E-state index contributed by atoms with van der Waals surface area (Å²) < 4.78 is 14.7. The second kappa shape index (κ2) is 9.12. The zero-order chi connectivity index (χ0) is 21.6. The number of carbonyl (C=O) groups excluding carboxylic acids is 1.